The third-order valence-corrected chi connectivity index (χ3v) is 13.0. The van der Waals surface area contributed by atoms with Gasteiger partial charge in [-0.2, -0.15) is 0 Å². The van der Waals surface area contributed by atoms with Crippen LogP contribution in [0.2, 0.25) is 0 Å². The summed E-state index contributed by atoms with van der Waals surface area (Å²) < 4.78 is 8.68. The van der Waals surface area contributed by atoms with Crippen molar-refractivity contribution in [3.05, 3.63) is 221 Å². The average Bonchev–Trinajstić information content (AvgIpc) is 3.79. The Balaban J connectivity index is 1.18. The van der Waals surface area contributed by atoms with E-state index in [1.165, 1.54) is 66.8 Å². The number of nitrogens with zero attached hydrogens (tertiary/aromatic N) is 1. The molecule has 8 aromatic rings. The number of hydrogen-bond donors (Lipinski definition) is 0. The Morgan fingerprint density at radius 2 is 0.857 bits per heavy atom. The first-order valence-electron chi connectivity index (χ1n) is 20.4. The molecule has 0 aromatic heterocycles. The first-order chi connectivity index (χ1) is 27.7. The van der Waals surface area contributed by atoms with E-state index < -0.39 is 11.3 Å². The van der Waals surface area contributed by atoms with Gasteiger partial charge in [0, 0.05) is 23.7 Å². The Bertz CT molecular complexity index is 2860. The van der Waals surface area contributed by atoms with Gasteiger partial charge in [0.25, 0.3) is 0 Å². The van der Waals surface area contributed by atoms with Gasteiger partial charge in [0.15, 0.2) is 0 Å². The van der Waals surface area contributed by atoms with Gasteiger partial charge in [0.2, 0.25) is 0 Å². The molecule has 0 aliphatic heterocycles. The van der Waals surface area contributed by atoms with Crippen molar-refractivity contribution in [3.8, 4) is 44.5 Å². The highest BCUT2D eigenvalue weighted by Gasteiger charge is 2.51. The summed E-state index contributed by atoms with van der Waals surface area (Å²) in [7, 11) is 0. The summed E-state index contributed by atoms with van der Waals surface area (Å²) in [6.07, 6.45) is 0. The molecule has 0 unspecified atom stereocenters. The average molecular weight is 719 g/mol. The van der Waals surface area contributed by atoms with Crippen LogP contribution in [0.5, 0.6) is 0 Å². The molecule has 1 spiro atoms. The van der Waals surface area contributed by atoms with Gasteiger partial charge in [-0.05, 0) is 114 Å². The number of para-hydroxylation sites is 1. The van der Waals surface area contributed by atoms with Crippen molar-refractivity contribution in [3.63, 3.8) is 0 Å². The number of anilines is 3. The molecule has 0 radical (unpaired) electrons. The molecule has 8 aromatic carbocycles. The standard InChI is InChI=1S/C55H43N/c1-35(2)36-25-27-37(28-26-36)40-15-9-14-24-53(40)56(38-30-32-48-46(33-38)44-19-5-10-20-47(44)54(48,3)4)39-29-31-45-43-18-8-13-23-51(43)55(52(45)34-39)49-21-11-6-16-41(49)42-17-7-12-22-50(42)55/h5-35H,1-4H3/i35D. The lowest BCUT2D eigenvalue weighted by Gasteiger charge is -2.33. The minimum Gasteiger partial charge on any atom is -0.310 e. The third kappa shape index (κ3) is 4.43. The monoisotopic (exact) mass is 718 g/mol. The number of benzene rings is 8. The van der Waals surface area contributed by atoms with Gasteiger partial charge in [-0.25, -0.2) is 0 Å². The van der Waals surface area contributed by atoms with Crippen LogP contribution >= 0.6 is 0 Å². The Morgan fingerprint density at radius 1 is 0.411 bits per heavy atom. The highest BCUT2D eigenvalue weighted by atomic mass is 15.1. The van der Waals surface area contributed by atoms with Crippen molar-refractivity contribution >= 4 is 17.1 Å². The maximum atomic E-state index is 8.68. The fourth-order valence-corrected chi connectivity index (χ4v) is 10.4. The van der Waals surface area contributed by atoms with Crippen molar-refractivity contribution in [2.45, 2.75) is 44.4 Å². The van der Waals surface area contributed by atoms with Crippen molar-refractivity contribution < 1.29 is 1.37 Å². The minimum absolute atomic E-state index is 0.0877. The van der Waals surface area contributed by atoms with Crippen LogP contribution in [0.25, 0.3) is 44.5 Å². The molecular formula is C55H43N. The molecule has 0 atom stereocenters. The zero-order valence-electron chi connectivity index (χ0n) is 33.3. The number of rotatable bonds is 5. The van der Waals surface area contributed by atoms with Crippen LogP contribution in [0, 0.1) is 0 Å². The molecule has 0 bridgehead atoms. The smallest absolute Gasteiger partial charge is 0.0726 e. The van der Waals surface area contributed by atoms with Crippen molar-refractivity contribution in [2.24, 2.45) is 0 Å². The van der Waals surface area contributed by atoms with Crippen LogP contribution in [0.4, 0.5) is 17.1 Å². The van der Waals surface area contributed by atoms with Gasteiger partial charge in [-0.3, -0.25) is 0 Å². The molecule has 1 heteroatoms. The van der Waals surface area contributed by atoms with Gasteiger partial charge >= 0.3 is 0 Å². The van der Waals surface area contributed by atoms with E-state index >= 15 is 0 Å². The molecule has 56 heavy (non-hydrogen) atoms. The summed E-state index contributed by atoms with van der Waals surface area (Å²) in [4.78, 5) is 2.48. The van der Waals surface area contributed by atoms with Gasteiger partial charge in [0.1, 0.15) is 0 Å². The lowest BCUT2D eigenvalue weighted by molar-refractivity contribution is 0.660. The third-order valence-electron chi connectivity index (χ3n) is 13.0. The topological polar surface area (TPSA) is 3.24 Å². The first kappa shape index (κ1) is 31.9. The second kappa shape index (κ2) is 12.0. The lowest BCUT2D eigenvalue weighted by Crippen LogP contribution is -2.26. The molecular weight excluding hydrogens is 675 g/mol. The Hall–Kier alpha value is -6.44. The van der Waals surface area contributed by atoms with Crippen molar-refractivity contribution in [1.82, 2.24) is 0 Å². The van der Waals surface area contributed by atoms with E-state index in [1.807, 2.05) is 13.8 Å². The van der Waals surface area contributed by atoms with Crippen molar-refractivity contribution in [2.75, 3.05) is 4.90 Å². The maximum Gasteiger partial charge on any atom is 0.0726 e. The molecule has 11 rings (SSSR count). The molecule has 0 N–H and O–H groups in total. The van der Waals surface area contributed by atoms with E-state index in [0.717, 1.165) is 33.8 Å². The summed E-state index contributed by atoms with van der Waals surface area (Å²) >= 11 is 0. The summed E-state index contributed by atoms with van der Waals surface area (Å²) in [5.74, 6) is -0.673. The maximum absolute atomic E-state index is 8.68. The molecule has 0 heterocycles. The van der Waals surface area contributed by atoms with Gasteiger partial charge in [-0.1, -0.05) is 179 Å². The van der Waals surface area contributed by atoms with Crippen LogP contribution in [-0.2, 0) is 10.8 Å². The van der Waals surface area contributed by atoms with Crippen LogP contribution < -0.4 is 4.90 Å². The zero-order valence-corrected chi connectivity index (χ0v) is 32.3. The molecule has 3 aliphatic rings. The minimum atomic E-state index is -0.673. The largest absolute Gasteiger partial charge is 0.310 e. The molecule has 0 saturated carbocycles. The molecule has 1 nitrogen and oxygen atoms in total. The highest BCUT2D eigenvalue weighted by molar-refractivity contribution is 5.97. The van der Waals surface area contributed by atoms with E-state index in [-0.39, 0.29) is 5.41 Å². The highest BCUT2D eigenvalue weighted by Crippen LogP contribution is 2.63. The molecule has 0 amide bonds. The Labute approximate surface area is 332 Å². The van der Waals surface area contributed by atoms with E-state index in [1.54, 1.807) is 0 Å². The van der Waals surface area contributed by atoms with E-state index in [4.69, 9.17) is 1.37 Å². The van der Waals surface area contributed by atoms with E-state index in [2.05, 4.69) is 201 Å². The number of fused-ring (bicyclic) bond motifs is 13. The predicted molar refractivity (Wildman–Crippen MR) is 235 cm³/mol. The first-order valence-corrected chi connectivity index (χ1v) is 19.9. The van der Waals surface area contributed by atoms with Crippen LogP contribution in [0.15, 0.2) is 182 Å². The summed E-state index contributed by atoms with van der Waals surface area (Å²) in [6, 6.07) is 67.7. The zero-order chi connectivity index (χ0) is 38.7. The Morgan fingerprint density at radius 3 is 1.45 bits per heavy atom. The molecule has 0 fully saturated rings. The normalized spacial score (nSPS) is 15.0. The molecule has 268 valence electrons. The van der Waals surface area contributed by atoms with Gasteiger partial charge in [0.05, 0.1) is 11.1 Å². The van der Waals surface area contributed by atoms with Crippen LogP contribution in [-0.4, -0.2) is 0 Å². The van der Waals surface area contributed by atoms with Crippen LogP contribution in [0.1, 0.15) is 73.9 Å². The van der Waals surface area contributed by atoms with Gasteiger partial charge in [-0.15, -0.1) is 0 Å². The SMILES string of the molecule is [2H]C(C)(C)c1ccc(-c2ccccc2N(c2ccc3c(c2)-c2ccccc2C3(C)C)c2ccc3c(c2)C2(c4ccccc4-c4ccccc42)c2ccccc2-3)cc1. The van der Waals surface area contributed by atoms with Crippen molar-refractivity contribution in [1.29, 1.82) is 0 Å². The summed E-state index contributed by atoms with van der Waals surface area (Å²) in [5, 5.41) is 0. The van der Waals surface area contributed by atoms with Crippen LogP contribution in [0.3, 0.4) is 0 Å². The Kier molecular flexibility index (Phi) is 6.84. The summed E-state index contributed by atoms with van der Waals surface area (Å²) in [6.45, 7) is 8.60. The fourth-order valence-electron chi connectivity index (χ4n) is 10.4. The van der Waals surface area contributed by atoms with Gasteiger partial charge < -0.3 is 4.90 Å². The lowest BCUT2D eigenvalue weighted by atomic mass is 9.70. The summed E-state index contributed by atoms with van der Waals surface area (Å²) in [5.41, 5.74) is 22.0. The van der Waals surface area contributed by atoms with E-state index in [0.29, 0.717) is 0 Å². The predicted octanol–water partition coefficient (Wildman–Crippen LogP) is 14.6. The number of hydrogen-bond acceptors (Lipinski definition) is 1. The molecule has 3 aliphatic carbocycles. The second-order valence-corrected chi connectivity index (χ2v) is 16.4. The van der Waals surface area contributed by atoms with E-state index in [9.17, 15) is 0 Å². The quantitative estimate of drug-likeness (QED) is 0.171. The second-order valence-electron chi connectivity index (χ2n) is 16.4. The fraction of sp³-hybridized carbons (Fsp3) is 0.127. The molecule has 0 saturated heterocycles.